The Morgan fingerprint density at radius 2 is 1.65 bits per heavy atom. The Balaban J connectivity index is 2.67. The molecule has 0 aliphatic heterocycles. The summed E-state index contributed by atoms with van der Waals surface area (Å²) < 4.78 is 28.2. The van der Waals surface area contributed by atoms with Crippen LogP contribution in [0.2, 0.25) is 0 Å². The molecule has 0 saturated carbocycles. The fourth-order valence-electron chi connectivity index (χ4n) is 1.69. The molecule has 114 valence electrons. The molecule has 0 bridgehead atoms. The number of sulfonamides is 1. The molecule has 0 aliphatic rings. The van der Waals surface area contributed by atoms with Crippen molar-refractivity contribution in [2.75, 3.05) is 6.54 Å². The van der Waals surface area contributed by atoms with Gasteiger partial charge in [0, 0.05) is 23.1 Å². The van der Waals surface area contributed by atoms with Crippen molar-refractivity contribution in [1.82, 2.24) is 10.0 Å². The molecule has 0 fully saturated rings. The summed E-state index contributed by atoms with van der Waals surface area (Å²) in [4.78, 5) is 0. The van der Waals surface area contributed by atoms with Gasteiger partial charge in [0.2, 0.25) is 10.0 Å². The molecule has 0 amide bonds. The van der Waals surface area contributed by atoms with Gasteiger partial charge in [0.15, 0.2) is 0 Å². The highest BCUT2D eigenvalue weighted by atomic mass is 79.9. The molecular formula is C14H23BrN2O2S. The Hall–Kier alpha value is -0.430. The average Bonchev–Trinajstić information content (AvgIpc) is 2.35. The highest BCUT2D eigenvalue weighted by Gasteiger charge is 2.23. The quantitative estimate of drug-likeness (QED) is 0.783. The molecule has 2 atom stereocenters. The molecule has 0 saturated heterocycles. The van der Waals surface area contributed by atoms with Gasteiger partial charge in [-0.2, -0.15) is 0 Å². The summed E-state index contributed by atoms with van der Waals surface area (Å²) in [5.41, 5.74) is 0.945. The maximum Gasteiger partial charge on any atom is 0.216 e. The van der Waals surface area contributed by atoms with Crippen LogP contribution in [-0.2, 0) is 10.0 Å². The fourth-order valence-corrected chi connectivity index (χ4v) is 3.13. The normalized spacial score (nSPS) is 15.3. The molecule has 0 aromatic heterocycles. The molecule has 2 N–H and O–H groups in total. The first-order chi connectivity index (χ1) is 9.22. The van der Waals surface area contributed by atoms with Crippen LogP contribution in [0.1, 0.15) is 39.3 Å². The van der Waals surface area contributed by atoms with E-state index in [1.165, 1.54) is 0 Å². The van der Waals surface area contributed by atoms with Crippen molar-refractivity contribution < 1.29 is 8.42 Å². The molecule has 4 nitrogen and oxygen atoms in total. The molecule has 1 aromatic carbocycles. The summed E-state index contributed by atoms with van der Waals surface area (Å²) in [5.74, 6) is 0. The van der Waals surface area contributed by atoms with Gasteiger partial charge in [0.1, 0.15) is 0 Å². The SMILES string of the molecule is CC(C)NCC(C)S(=O)(=O)NC(C)c1ccc(Br)cc1. The molecule has 0 radical (unpaired) electrons. The highest BCUT2D eigenvalue weighted by molar-refractivity contribution is 9.10. The van der Waals surface area contributed by atoms with E-state index in [0.717, 1.165) is 10.0 Å². The third-order valence-electron chi connectivity index (χ3n) is 3.05. The molecule has 6 heteroatoms. The van der Waals surface area contributed by atoms with Gasteiger partial charge in [0.05, 0.1) is 5.25 Å². The van der Waals surface area contributed by atoms with Gasteiger partial charge in [-0.3, -0.25) is 0 Å². The highest BCUT2D eigenvalue weighted by Crippen LogP contribution is 2.17. The zero-order chi connectivity index (χ0) is 15.3. The number of rotatable bonds is 7. The van der Waals surface area contributed by atoms with E-state index in [2.05, 4.69) is 26.0 Å². The lowest BCUT2D eigenvalue weighted by Crippen LogP contribution is -2.41. The number of nitrogens with one attached hydrogen (secondary N) is 2. The monoisotopic (exact) mass is 362 g/mol. The van der Waals surface area contributed by atoms with Crippen molar-refractivity contribution in [1.29, 1.82) is 0 Å². The number of benzene rings is 1. The molecular weight excluding hydrogens is 340 g/mol. The van der Waals surface area contributed by atoms with Crippen LogP contribution in [0, 0.1) is 0 Å². The molecule has 1 rings (SSSR count). The van der Waals surface area contributed by atoms with Gasteiger partial charge in [-0.05, 0) is 31.5 Å². The van der Waals surface area contributed by atoms with Gasteiger partial charge >= 0.3 is 0 Å². The van der Waals surface area contributed by atoms with Crippen molar-refractivity contribution in [3.8, 4) is 0 Å². The lowest BCUT2D eigenvalue weighted by atomic mass is 10.1. The topological polar surface area (TPSA) is 58.2 Å². The van der Waals surface area contributed by atoms with Crippen molar-refractivity contribution in [2.45, 2.75) is 45.0 Å². The first-order valence-electron chi connectivity index (χ1n) is 6.72. The van der Waals surface area contributed by atoms with Crippen molar-refractivity contribution in [3.63, 3.8) is 0 Å². The summed E-state index contributed by atoms with van der Waals surface area (Å²) in [6.07, 6.45) is 0. The van der Waals surface area contributed by atoms with Crippen LogP contribution in [0.3, 0.4) is 0 Å². The van der Waals surface area contributed by atoms with Crippen molar-refractivity contribution in [3.05, 3.63) is 34.3 Å². The maximum atomic E-state index is 12.2. The van der Waals surface area contributed by atoms with E-state index in [1.54, 1.807) is 6.92 Å². The maximum absolute atomic E-state index is 12.2. The van der Waals surface area contributed by atoms with Crippen molar-refractivity contribution >= 4 is 26.0 Å². The smallest absolute Gasteiger partial charge is 0.216 e. The lowest BCUT2D eigenvalue weighted by Gasteiger charge is -2.20. The standard InChI is InChI=1S/C14H23BrN2O2S/c1-10(2)16-9-11(3)20(18,19)17-12(4)13-5-7-14(15)8-6-13/h5-8,10-12,16-17H,9H2,1-4H3. The Bertz CT molecular complexity index is 514. The average molecular weight is 363 g/mol. The predicted octanol–water partition coefficient (Wildman–Crippen LogP) is 2.82. The van der Waals surface area contributed by atoms with E-state index >= 15 is 0 Å². The summed E-state index contributed by atoms with van der Waals surface area (Å²) in [6.45, 7) is 8.00. The second-order valence-electron chi connectivity index (χ2n) is 5.31. The molecule has 0 spiro atoms. The van der Waals surface area contributed by atoms with Crippen LogP contribution in [0.25, 0.3) is 0 Å². The zero-order valence-electron chi connectivity index (χ0n) is 12.4. The van der Waals surface area contributed by atoms with Crippen LogP contribution < -0.4 is 10.0 Å². The minimum Gasteiger partial charge on any atom is -0.313 e. The second kappa shape index (κ2) is 7.54. The van der Waals surface area contributed by atoms with E-state index in [4.69, 9.17) is 0 Å². The number of hydrogen-bond acceptors (Lipinski definition) is 3. The minimum atomic E-state index is -3.34. The van der Waals surface area contributed by atoms with Gasteiger partial charge in [-0.25, -0.2) is 13.1 Å². The van der Waals surface area contributed by atoms with Gasteiger partial charge in [0.25, 0.3) is 0 Å². The fraction of sp³-hybridized carbons (Fsp3) is 0.571. The van der Waals surface area contributed by atoms with Crippen LogP contribution in [0.5, 0.6) is 0 Å². The van der Waals surface area contributed by atoms with E-state index < -0.39 is 15.3 Å². The first kappa shape index (κ1) is 17.6. The zero-order valence-corrected chi connectivity index (χ0v) is 14.8. The van der Waals surface area contributed by atoms with E-state index in [0.29, 0.717) is 6.54 Å². The van der Waals surface area contributed by atoms with Gasteiger partial charge < -0.3 is 5.32 Å². The molecule has 0 aliphatic carbocycles. The van der Waals surface area contributed by atoms with E-state index in [9.17, 15) is 8.42 Å². The Morgan fingerprint density at radius 3 is 2.15 bits per heavy atom. The summed E-state index contributed by atoms with van der Waals surface area (Å²) in [6, 6.07) is 7.67. The van der Waals surface area contributed by atoms with Crippen molar-refractivity contribution in [2.24, 2.45) is 0 Å². The minimum absolute atomic E-state index is 0.241. The summed E-state index contributed by atoms with van der Waals surface area (Å²) in [5, 5.41) is 2.68. The number of hydrogen-bond donors (Lipinski definition) is 2. The van der Waals surface area contributed by atoms with Crippen LogP contribution in [0.4, 0.5) is 0 Å². The second-order valence-corrected chi connectivity index (χ2v) is 8.36. The first-order valence-corrected chi connectivity index (χ1v) is 9.06. The third kappa shape index (κ3) is 5.52. The van der Waals surface area contributed by atoms with Gasteiger partial charge in [-0.1, -0.05) is 41.9 Å². The molecule has 20 heavy (non-hydrogen) atoms. The Kier molecular flexibility index (Phi) is 6.64. The third-order valence-corrected chi connectivity index (χ3v) is 5.49. The van der Waals surface area contributed by atoms with E-state index in [1.807, 2.05) is 45.0 Å². The predicted molar refractivity (Wildman–Crippen MR) is 87.2 cm³/mol. The van der Waals surface area contributed by atoms with Gasteiger partial charge in [-0.15, -0.1) is 0 Å². The molecule has 2 unspecified atom stereocenters. The van der Waals surface area contributed by atoms with Crippen LogP contribution in [0.15, 0.2) is 28.7 Å². The Labute approximate surface area is 130 Å². The van der Waals surface area contributed by atoms with Crippen LogP contribution in [-0.4, -0.2) is 26.3 Å². The summed E-state index contributed by atoms with van der Waals surface area (Å²) >= 11 is 3.37. The molecule has 0 heterocycles. The van der Waals surface area contributed by atoms with E-state index in [-0.39, 0.29) is 12.1 Å². The lowest BCUT2D eigenvalue weighted by molar-refractivity contribution is 0.531. The van der Waals surface area contributed by atoms with Crippen LogP contribution >= 0.6 is 15.9 Å². The molecule has 1 aromatic rings. The largest absolute Gasteiger partial charge is 0.313 e. The number of halogens is 1. The Morgan fingerprint density at radius 1 is 1.10 bits per heavy atom. The summed E-state index contributed by atoms with van der Waals surface area (Å²) in [7, 11) is -3.34.